The number of alkyl halides is 4. The largest absolute Gasteiger partial charge is 0.497 e. The summed E-state index contributed by atoms with van der Waals surface area (Å²) < 4.78 is 8.48. The average Bonchev–Trinajstić information content (AvgIpc) is 3.27. The molecule has 2 aromatic rings. The Kier molecular flexibility index (Phi) is 6.38. The first-order valence-corrected chi connectivity index (χ1v) is 13.0. The Balaban J connectivity index is 1.56. The Morgan fingerprint density at radius 3 is 2.00 bits per heavy atom. The number of hydrogen-bond donors (Lipinski definition) is 1. The van der Waals surface area contributed by atoms with Gasteiger partial charge in [0.1, 0.15) is 21.2 Å². The number of amides is 3. The van der Waals surface area contributed by atoms with E-state index in [1.807, 2.05) is 0 Å². The zero-order chi connectivity index (χ0) is 27.1. The van der Waals surface area contributed by atoms with E-state index in [0.29, 0.717) is 17.2 Å². The van der Waals surface area contributed by atoms with Crippen LogP contribution in [0.5, 0.6) is 11.5 Å². The zero-order valence-corrected chi connectivity index (χ0v) is 23.5. The number of imide groups is 1. The fraction of sp³-hybridized carbons (Fsp3) is 0.292. The van der Waals surface area contributed by atoms with Crippen molar-refractivity contribution in [3.8, 4) is 11.5 Å². The highest BCUT2D eigenvalue weighted by Crippen LogP contribution is 2.77. The maximum atomic E-state index is 13.7. The molecule has 1 heterocycles. The van der Waals surface area contributed by atoms with Crippen LogP contribution in [0.4, 0.5) is 11.4 Å². The number of para-hydroxylation sites is 1. The number of halogens is 6. The van der Waals surface area contributed by atoms with Crippen LogP contribution in [0.25, 0.3) is 0 Å². The summed E-state index contributed by atoms with van der Waals surface area (Å²) in [6, 6.07) is 10.9. The monoisotopic (exact) mass is 622 g/mol. The molecule has 3 aliphatic rings. The lowest BCUT2D eigenvalue weighted by Crippen LogP contribution is -2.50. The lowest BCUT2D eigenvalue weighted by molar-refractivity contribution is -0.123. The highest BCUT2D eigenvalue weighted by Gasteiger charge is 2.87. The smallest absolute Gasteiger partial charge is 0.257 e. The number of hydrogen-bond acceptors (Lipinski definition) is 5. The molecule has 1 N–H and O–H groups in total. The minimum absolute atomic E-state index is 0.00758. The summed E-state index contributed by atoms with van der Waals surface area (Å²) in [4.78, 5) is 37.8. The summed E-state index contributed by atoms with van der Waals surface area (Å²) >= 11 is 39.4. The van der Waals surface area contributed by atoms with Crippen LogP contribution in [0, 0.1) is 11.8 Å². The Morgan fingerprint density at radius 2 is 1.46 bits per heavy atom. The third-order valence-electron chi connectivity index (χ3n) is 6.95. The van der Waals surface area contributed by atoms with Gasteiger partial charge in [-0.25, -0.2) is 4.90 Å². The van der Waals surface area contributed by atoms with Crippen molar-refractivity contribution in [3.05, 3.63) is 58.1 Å². The molecular formula is C24H16Cl6N2O5. The Labute approximate surface area is 241 Å². The van der Waals surface area contributed by atoms with E-state index in [1.54, 1.807) is 30.3 Å². The summed E-state index contributed by atoms with van der Waals surface area (Å²) in [6.45, 7) is 0. The van der Waals surface area contributed by atoms with Crippen LogP contribution in [0.1, 0.15) is 10.4 Å². The second-order valence-corrected chi connectivity index (χ2v) is 11.9. The molecule has 2 fully saturated rings. The molecule has 0 unspecified atom stereocenters. The fourth-order valence-corrected chi connectivity index (χ4v) is 8.12. The summed E-state index contributed by atoms with van der Waals surface area (Å²) in [6.07, 6.45) is 0. The van der Waals surface area contributed by atoms with Crippen molar-refractivity contribution in [1.82, 2.24) is 0 Å². The van der Waals surface area contributed by atoms with E-state index in [1.165, 1.54) is 26.4 Å². The number of carbonyl (C=O) groups is 3. The molecule has 0 radical (unpaired) electrons. The number of nitrogens with one attached hydrogen (secondary N) is 1. The van der Waals surface area contributed by atoms with Crippen molar-refractivity contribution in [3.63, 3.8) is 0 Å². The number of anilines is 2. The number of methoxy groups -OCH3 is 2. The maximum Gasteiger partial charge on any atom is 0.257 e. The van der Waals surface area contributed by atoms with E-state index in [2.05, 4.69) is 5.32 Å². The molecule has 3 amide bonds. The van der Waals surface area contributed by atoms with Gasteiger partial charge in [0, 0.05) is 6.07 Å². The van der Waals surface area contributed by atoms with Crippen molar-refractivity contribution in [2.45, 2.75) is 14.1 Å². The van der Waals surface area contributed by atoms with Gasteiger partial charge in [-0.05, 0) is 24.3 Å². The molecule has 13 heteroatoms. The second kappa shape index (κ2) is 8.83. The number of allylic oxidation sites excluding steroid dienone is 2. The third kappa shape index (κ3) is 3.25. The highest BCUT2D eigenvalue weighted by molar-refractivity contribution is 6.67. The maximum absolute atomic E-state index is 13.7. The summed E-state index contributed by atoms with van der Waals surface area (Å²) in [5.41, 5.74) is 0.335. The predicted octanol–water partition coefficient (Wildman–Crippen LogP) is 5.91. The van der Waals surface area contributed by atoms with Crippen LogP contribution in [0.3, 0.4) is 0 Å². The number of carbonyl (C=O) groups excluding carboxylic acids is 3. The second-order valence-electron chi connectivity index (χ2n) is 8.63. The number of nitrogens with zero attached hydrogens (tertiary/aromatic N) is 1. The normalized spacial score (nSPS) is 29.6. The van der Waals surface area contributed by atoms with Gasteiger partial charge in [-0.1, -0.05) is 58.5 Å². The third-order valence-corrected chi connectivity index (χ3v) is 11.2. The van der Waals surface area contributed by atoms with Crippen LogP contribution in [-0.2, 0) is 9.59 Å². The van der Waals surface area contributed by atoms with E-state index in [-0.39, 0.29) is 21.3 Å². The average molecular weight is 625 g/mol. The quantitative estimate of drug-likeness (QED) is 0.330. The standard InChI is InChI=1S/C24H16Cl6N2O5/c1-36-10-7-8-14(37-2)12(9-10)31-19(33)11-5-3-4-6-13(11)32-20(34)15-16(21(32)35)23(28)18(26)17(25)22(15,27)24(23,29)30/h3-9,15-16H,1-2H3,(H,31,33)/t15-,16+,22-,23-/m1/s1. The van der Waals surface area contributed by atoms with Crippen LogP contribution in [0.2, 0.25) is 0 Å². The molecule has 1 saturated carbocycles. The summed E-state index contributed by atoms with van der Waals surface area (Å²) in [5, 5.41) is 2.33. The van der Waals surface area contributed by atoms with Gasteiger partial charge in [0.15, 0.2) is 4.33 Å². The van der Waals surface area contributed by atoms with Gasteiger partial charge in [0.25, 0.3) is 5.91 Å². The predicted molar refractivity (Wildman–Crippen MR) is 144 cm³/mol. The molecule has 2 bridgehead atoms. The number of rotatable bonds is 5. The Bertz CT molecular complexity index is 1370. The van der Waals surface area contributed by atoms with Crippen molar-refractivity contribution in [2.75, 3.05) is 24.4 Å². The fourth-order valence-electron chi connectivity index (χ4n) is 5.19. The van der Waals surface area contributed by atoms with Gasteiger partial charge in [0.2, 0.25) is 11.8 Å². The number of ether oxygens (including phenoxy) is 2. The van der Waals surface area contributed by atoms with Crippen LogP contribution in [-0.4, -0.2) is 46.0 Å². The lowest BCUT2D eigenvalue weighted by atomic mass is 9.84. The molecule has 194 valence electrons. The topological polar surface area (TPSA) is 84.9 Å². The number of benzene rings is 2. The molecule has 37 heavy (non-hydrogen) atoms. The van der Waals surface area contributed by atoms with Crippen molar-refractivity contribution in [1.29, 1.82) is 0 Å². The first-order valence-electron chi connectivity index (χ1n) is 10.7. The first-order chi connectivity index (χ1) is 17.4. The van der Waals surface area contributed by atoms with Crippen LogP contribution in [0.15, 0.2) is 52.5 Å². The van der Waals surface area contributed by atoms with Crippen molar-refractivity contribution >= 4 is 98.7 Å². The van der Waals surface area contributed by atoms with E-state index in [0.717, 1.165) is 4.90 Å². The lowest BCUT2D eigenvalue weighted by Gasteiger charge is -2.34. The Morgan fingerprint density at radius 1 is 0.892 bits per heavy atom. The van der Waals surface area contributed by atoms with Gasteiger partial charge in [0.05, 0.1) is 53.1 Å². The van der Waals surface area contributed by atoms with E-state index in [4.69, 9.17) is 79.1 Å². The molecule has 5 rings (SSSR count). The van der Waals surface area contributed by atoms with E-state index in [9.17, 15) is 14.4 Å². The van der Waals surface area contributed by atoms with Gasteiger partial charge < -0.3 is 14.8 Å². The van der Waals surface area contributed by atoms with E-state index >= 15 is 0 Å². The molecular weight excluding hydrogens is 609 g/mol. The highest BCUT2D eigenvalue weighted by atomic mass is 35.5. The molecule has 0 spiro atoms. The number of fused-ring (bicyclic) bond motifs is 5. The van der Waals surface area contributed by atoms with Crippen molar-refractivity contribution < 1.29 is 23.9 Å². The van der Waals surface area contributed by atoms with Gasteiger partial charge in [-0.3, -0.25) is 14.4 Å². The summed E-state index contributed by atoms with van der Waals surface area (Å²) in [5.74, 6) is -3.95. The molecule has 2 aromatic carbocycles. The summed E-state index contributed by atoms with van der Waals surface area (Å²) in [7, 11) is 2.93. The zero-order valence-electron chi connectivity index (χ0n) is 19.0. The minimum Gasteiger partial charge on any atom is -0.497 e. The SMILES string of the molecule is COc1ccc(OC)c(NC(=O)c2ccccc2N2C(=O)[C@@H]3[C@H](C2=O)[C@@]2(Cl)C(Cl)=C(Cl)[C@@]3(Cl)C2(Cl)Cl)c1. The Hall–Kier alpha value is -1.87. The minimum atomic E-state index is -2.05. The molecule has 2 aliphatic carbocycles. The van der Waals surface area contributed by atoms with Gasteiger partial charge in [-0.2, -0.15) is 0 Å². The molecule has 1 saturated heterocycles. The molecule has 1 aliphatic heterocycles. The molecule has 4 atom stereocenters. The van der Waals surface area contributed by atoms with Crippen molar-refractivity contribution in [2.24, 2.45) is 11.8 Å². The molecule has 7 nitrogen and oxygen atoms in total. The van der Waals surface area contributed by atoms with Gasteiger partial charge >= 0.3 is 0 Å². The van der Waals surface area contributed by atoms with Crippen LogP contribution < -0.4 is 19.7 Å². The van der Waals surface area contributed by atoms with Crippen LogP contribution >= 0.6 is 69.6 Å². The first kappa shape index (κ1) is 26.7. The van der Waals surface area contributed by atoms with Gasteiger partial charge in [-0.15, -0.1) is 23.2 Å². The molecule has 0 aromatic heterocycles. The van der Waals surface area contributed by atoms with E-state index < -0.39 is 43.6 Å².